The summed E-state index contributed by atoms with van der Waals surface area (Å²) in [6, 6.07) is 0. The van der Waals surface area contributed by atoms with Crippen molar-refractivity contribution in [3.63, 3.8) is 0 Å². The van der Waals surface area contributed by atoms with Crippen LogP contribution in [0.2, 0.25) is 0 Å². The Hall–Kier alpha value is -0.130. The summed E-state index contributed by atoms with van der Waals surface area (Å²) in [4.78, 5) is 2.57. The van der Waals surface area contributed by atoms with E-state index in [-0.39, 0.29) is 11.1 Å². The summed E-state index contributed by atoms with van der Waals surface area (Å²) in [6.45, 7) is 7.57. The Bertz CT molecular complexity index is 443. The van der Waals surface area contributed by atoms with Gasteiger partial charge < -0.3 is 5.32 Å². The molecule has 1 heterocycles. The monoisotopic (exact) mass is 316 g/mol. The Balaban J connectivity index is 2.01. The number of hydrogen-bond donors (Lipinski definition) is 1. The van der Waals surface area contributed by atoms with Crippen LogP contribution in [-0.2, 0) is 9.84 Å². The lowest BCUT2D eigenvalue weighted by molar-refractivity contribution is -0.00110. The van der Waals surface area contributed by atoms with Gasteiger partial charge in [0.15, 0.2) is 0 Å². The van der Waals surface area contributed by atoms with Crippen LogP contribution in [0.3, 0.4) is 0 Å². The SMILES string of the molecule is CCC1(C)CNC2(CCCCC2)CN1CCCS(C)(=O)=O. The Morgan fingerprint density at radius 3 is 2.43 bits per heavy atom. The molecule has 0 amide bonds. The van der Waals surface area contributed by atoms with Crippen molar-refractivity contribution in [2.24, 2.45) is 0 Å². The predicted molar refractivity (Wildman–Crippen MR) is 88.4 cm³/mol. The maximum absolute atomic E-state index is 11.4. The average Bonchev–Trinajstić information content (AvgIpc) is 2.43. The normalized spacial score (nSPS) is 30.6. The van der Waals surface area contributed by atoms with Gasteiger partial charge in [-0.05, 0) is 39.2 Å². The zero-order chi connectivity index (χ0) is 15.6. The molecule has 1 spiro atoms. The van der Waals surface area contributed by atoms with E-state index in [9.17, 15) is 8.42 Å². The molecule has 0 radical (unpaired) electrons. The molecular weight excluding hydrogens is 284 g/mol. The molecule has 2 aliphatic rings. The number of nitrogens with zero attached hydrogens (tertiary/aromatic N) is 1. The topological polar surface area (TPSA) is 49.4 Å². The maximum Gasteiger partial charge on any atom is 0.147 e. The highest BCUT2D eigenvalue weighted by atomic mass is 32.2. The Morgan fingerprint density at radius 1 is 1.19 bits per heavy atom. The third-order valence-electron chi connectivity index (χ3n) is 5.62. The molecular formula is C16H32N2O2S. The average molecular weight is 317 g/mol. The number of hydrogen-bond acceptors (Lipinski definition) is 4. The summed E-state index contributed by atoms with van der Waals surface area (Å²) < 4.78 is 22.7. The highest BCUT2D eigenvalue weighted by Crippen LogP contribution is 2.35. The van der Waals surface area contributed by atoms with Crippen molar-refractivity contribution in [2.75, 3.05) is 31.6 Å². The van der Waals surface area contributed by atoms with E-state index < -0.39 is 9.84 Å². The molecule has 0 aromatic rings. The largest absolute Gasteiger partial charge is 0.308 e. The molecule has 1 saturated carbocycles. The molecule has 1 unspecified atom stereocenters. The Kier molecular flexibility index (Phi) is 5.37. The first kappa shape index (κ1) is 17.2. The predicted octanol–water partition coefficient (Wildman–Crippen LogP) is 2.20. The van der Waals surface area contributed by atoms with Gasteiger partial charge in [0.2, 0.25) is 0 Å². The van der Waals surface area contributed by atoms with Crippen LogP contribution in [0.15, 0.2) is 0 Å². The van der Waals surface area contributed by atoms with E-state index in [2.05, 4.69) is 24.1 Å². The molecule has 1 saturated heterocycles. The molecule has 0 aromatic heterocycles. The lowest BCUT2D eigenvalue weighted by Gasteiger charge is -2.54. The van der Waals surface area contributed by atoms with E-state index in [0.717, 1.165) is 32.5 Å². The van der Waals surface area contributed by atoms with Crippen LogP contribution in [0.4, 0.5) is 0 Å². The van der Waals surface area contributed by atoms with Crippen molar-refractivity contribution >= 4 is 9.84 Å². The minimum Gasteiger partial charge on any atom is -0.308 e. The first-order valence-corrected chi connectivity index (χ1v) is 10.5. The summed E-state index contributed by atoms with van der Waals surface area (Å²) in [5, 5.41) is 3.85. The first-order chi connectivity index (χ1) is 9.79. The van der Waals surface area contributed by atoms with Crippen LogP contribution in [0, 0.1) is 0 Å². The van der Waals surface area contributed by atoms with Crippen LogP contribution in [0.1, 0.15) is 58.8 Å². The standard InChI is InChI=1S/C16H32N2O2S/c1-4-15(2)13-17-16(9-6-5-7-10-16)14-18(15)11-8-12-21(3,19)20/h17H,4-14H2,1-3H3. The summed E-state index contributed by atoms with van der Waals surface area (Å²) in [6.07, 6.45) is 9.76. The molecule has 4 nitrogen and oxygen atoms in total. The lowest BCUT2D eigenvalue weighted by atomic mass is 9.77. The van der Waals surface area contributed by atoms with Crippen LogP contribution in [0.5, 0.6) is 0 Å². The third-order valence-corrected chi connectivity index (χ3v) is 6.65. The molecule has 21 heavy (non-hydrogen) atoms. The smallest absolute Gasteiger partial charge is 0.147 e. The molecule has 1 atom stereocenters. The molecule has 0 bridgehead atoms. The highest BCUT2D eigenvalue weighted by Gasteiger charge is 2.44. The van der Waals surface area contributed by atoms with Gasteiger partial charge in [-0.2, -0.15) is 0 Å². The van der Waals surface area contributed by atoms with Crippen molar-refractivity contribution in [1.29, 1.82) is 0 Å². The van der Waals surface area contributed by atoms with Gasteiger partial charge in [-0.3, -0.25) is 4.90 Å². The molecule has 2 rings (SSSR count). The van der Waals surface area contributed by atoms with Crippen molar-refractivity contribution in [1.82, 2.24) is 10.2 Å². The third kappa shape index (κ3) is 4.42. The number of piperazine rings is 1. The summed E-state index contributed by atoms with van der Waals surface area (Å²) >= 11 is 0. The minimum absolute atomic E-state index is 0.167. The minimum atomic E-state index is -2.84. The quantitative estimate of drug-likeness (QED) is 0.845. The van der Waals surface area contributed by atoms with E-state index >= 15 is 0 Å². The molecule has 5 heteroatoms. The Morgan fingerprint density at radius 2 is 1.86 bits per heavy atom. The van der Waals surface area contributed by atoms with Gasteiger partial charge in [0.1, 0.15) is 9.84 Å². The molecule has 0 aromatic carbocycles. The second kappa shape index (κ2) is 6.55. The van der Waals surface area contributed by atoms with Crippen molar-refractivity contribution in [3.8, 4) is 0 Å². The molecule has 1 aliphatic heterocycles. The lowest BCUT2D eigenvalue weighted by Crippen LogP contribution is -2.69. The van der Waals surface area contributed by atoms with E-state index in [1.807, 2.05) is 0 Å². The van der Waals surface area contributed by atoms with Crippen molar-refractivity contribution in [3.05, 3.63) is 0 Å². The van der Waals surface area contributed by atoms with E-state index in [1.165, 1.54) is 38.4 Å². The number of rotatable bonds is 5. The van der Waals surface area contributed by atoms with E-state index in [1.54, 1.807) is 0 Å². The zero-order valence-electron chi connectivity index (χ0n) is 14.0. The summed E-state index contributed by atoms with van der Waals surface area (Å²) in [5.41, 5.74) is 0.457. The van der Waals surface area contributed by atoms with Crippen LogP contribution in [-0.4, -0.2) is 56.0 Å². The molecule has 1 aliphatic carbocycles. The second-order valence-electron chi connectivity index (χ2n) is 7.45. The van der Waals surface area contributed by atoms with Gasteiger partial charge in [-0.15, -0.1) is 0 Å². The van der Waals surface area contributed by atoms with Gasteiger partial charge in [-0.1, -0.05) is 26.2 Å². The second-order valence-corrected chi connectivity index (χ2v) is 9.71. The van der Waals surface area contributed by atoms with Crippen LogP contribution < -0.4 is 5.32 Å². The maximum atomic E-state index is 11.4. The fourth-order valence-electron chi connectivity index (χ4n) is 3.88. The number of nitrogens with one attached hydrogen (secondary N) is 1. The van der Waals surface area contributed by atoms with Gasteiger partial charge in [0, 0.05) is 30.4 Å². The summed E-state index contributed by atoms with van der Waals surface area (Å²) in [7, 11) is -2.84. The number of sulfone groups is 1. The van der Waals surface area contributed by atoms with E-state index in [0.29, 0.717) is 5.75 Å². The Labute approximate surface area is 130 Å². The van der Waals surface area contributed by atoms with Crippen molar-refractivity contribution in [2.45, 2.75) is 69.9 Å². The van der Waals surface area contributed by atoms with E-state index in [4.69, 9.17) is 0 Å². The highest BCUT2D eigenvalue weighted by molar-refractivity contribution is 7.90. The van der Waals surface area contributed by atoms with Gasteiger partial charge in [0.05, 0.1) is 5.75 Å². The summed E-state index contributed by atoms with van der Waals surface area (Å²) in [5.74, 6) is 0.309. The molecule has 124 valence electrons. The van der Waals surface area contributed by atoms with Gasteiger partial charge in [0.25, 0.3) is 0 Å². The van der Waals surface area contributed by atoms with Gasteiger partial charge in [-0.25, -0.2) is 8.42 Å². The van der Waals surface area contributed by atoms with Crippen LogP contribution in [0.25, 0.3) is 0 Å². The molecule has 2 fully saturated rings. The first-order valence-electron chi connectivity index (χ1n) is 8.46. The van der Waals surface area contributed by atoms with Gasteiger partial charge >= 0.3 is 0 Å². The van der Waals surface area contributed by atoms with Crippen molar-refractivity contribution < 1.29 is 8.42 Å². The zero-order valence-corrected chi connectivity index (χ0v) is 14.8. The fraction of sp³-hybridized carbons (Fsp3) is 1.00. The molecule has 1 N–H and O–H groups in total. The van der Waals surface area contributed by atoms with Crippen LogP contribution >= 0.6 is 0 Å². The fourth-order valence-corrected chi connectivity index (χ4v) is 4.53.